The Balaban J connectivity index is 1.33. The van der Waals surface area contributed by atoms with Crippen LogP contribution in [0, 0.1) is 6.92 Å². The molecule has 0 saturated carbocycles. The minimum Gasteiger partial charge on any atom is -0.366 e. The Kier molecular flexibility index (Phi) is 4.07. The normalized spacial score (nSPS) is 17.2. The lowest BCUT2D eigenvalue weighted by molar-refractivity contribution is 0.179. The number of carbonyl (C=O) groups is 1. The summed E-state index contributed by atoms with van der Waals surface area (Å²) < 4.78 is 1.89. The summed E-state index contributed by atoms with van der Waals surface area (Å²) in [5.74, 6) is 1.62. The molecule has 2 aliphatic heterocycles. The van der Waals surface area contributed by atoms with Gasteiger partial charge in [0.25, 0.3) is 0 Å². The van der Waals surface area contributed by atoms with Crippen LogP contribution in [0.25, 0.3) is 0 Å². The van der Waals surface area contributed by atoms with Crippen molar-refractivity contribution in [1.29, 1.82) is 0 Å². The maximum absolute atomic E-state index is 12.5. The van der Waals surface area contributed by atoms with E-state index in [1.54, 1.807) is 0 Å². The predicted octanol–water partition coefficient (Wildman–Crippen LogP) is 1.56. The fourth-order valence-corrected chi connectivity index (χ4v) is 3.71. The van der Waals surface area contributed by atoms with Crippen LogP contribution in [0.3, 0.4) is 0 Å². The van der Waals surface area contributed by atoms with E-state index in [-0.39, 0.29) is 12.1 Å². The molecule has 1 aromatic carbocycles. The van der Waals surface area contributed by atoms with Crippen molar-refractivity contribution >= 4 is 11.7 Å². The van der Waals surface area contributed by atoms with E-state index in [2.05, 4.69) is 51.5 Å². The highest BCUT2D eigenvalue weighted by Gasteiger charge is 2.25. The van der Waals surface area contributed by atoms with Crippen molar-refractivity contribution in [3.8, 4) is 0 Å². The highest BCUT2D eigenvalue weighted by Crippen LogP contribution is 2.28. The molecule has 0 radical (unpaired) electrons. The van der Waals surface area contributed by atoms with Gasteiger partial charge >= 0.3 is 6.03 Å². The molecule has 0 saturated heterocycles. The SMILES string of the molecule is Cc1nc2n(n1)CCN(C(=O)NCC(C)N1CCc3ccccc31)C2. The monoisotopic (exact) mass is 340 g/mol. The van der Waals surface area contributed by atoms with Crippen molar-refractivity contribution in [3.05, 3.63) is 41.5 Å². The second-order valence-corrected chi connectivity index (χ2v) is 6.83. The number of rotatable bonds is 3. The molecule has 0 spiro atoms. The summed E-state index contributed by atoms with van der Waals surface area (Å²) in [6.07, 6.45) is 1.08. The Morgan fingerprint density at radius 3 is 3.00 bits per heavy atom. The highest BCUT2D eigenvalue weighted by atomic mass is 16.2. The van der Waals surface area contributed by atoms with E-state index in [0.717, 1.165) is 24.6 Å². The summed E-state index contributed by atoms with van der Waals surface area (Å²) in [5.41, 5.74) is 2.69. The molecular weight excluding hydrogens is 316 g/mol. The molecule has 2 aliphatic rings. The Morgan fingerprint density at radius 1 is 1.28 bits per heavy atom. The number of nitrogens with one attached hydrogen (secondary N) is 1. The molecule has 2 amide bonds. The van der Waals surface area contributed by atoms with E-state index in [0.29, 0.717) is 26.2 Å². The first-order valence-corrected chi connectivity index (χ1v) is 8.89. The minimum absolute atomic E-state index is 0.0220. The molecule has 25 heavy (non-hydrogen) atoms. The van der Waals surface area contributed by atoms with Gasteiger partial charge in [0, 0.05) is 31.4 Å². The molecular formula is C18H24N6O. The highest BCUT2D eigenvalue weighted by molar-refractivity contribution is 5.74. The fourth-order valence-electron chi connectivity index (χ4n) is 3.71. The van der Waals surface area contributed by atoms with Crippen molar-refractivity contribution in [2.24, 2.45) is 0 Å². The molecule has 1 unspecified atom stereocenters. The first-order valence-electron chi connectivity index (χ1n) is 8.89. The van der Waals surface area contributed by atoms with Gasteiger partial charge in [-0.2, -0.15) is 5.10 Å². The molecule has 0 bridgehead atoms. The average Bonchev–Trinajstić information content (AvgIpc) is 3.21. The summed E-state index contributed by atoms with van der Waals surface area (Å²) in [7, 11) is 0. The second kappa shape index (κ2) is 6.38. The molecule has 0 aliphatic carbocycles. The van der Waals surface area contributed by atoms with Crippen LogP contribution in [-0.4, -0.2) is 51.4 Å². The third kappa shape index (κ3) is 3.06. The molecule has 1 N–H and O–H groups in total. The summed E-state index contributed by atoms with van der Waals surface area (Å²) in [6, 6.07) is 8.77. The Morgan fingerprint density at radius 2 is 2.12 bits per heavy atom. The number of fused-ring (bicyclic) bond motifs is 2. The molecule has 4 rings (SSSR count). The van der Waals surface area contributed by atoms with Crippen molar-refractivity contribution in [3.63, 3.8) is 0 Å². The van der Waals surface area contributed by atoms with Gasteiger partial charge in [0.1, 0.15) is 11.6 Å². The van der Waals surface area contributed by atoms with Gasteiger partial charge in [-0.3, -0.25) is 0 Å². The van der Waals surface area contributed by atoms with Gasteiger partial charge in [-0.05, 0) is 31.9 Å². The number of aromatic nitrogens is 3. The van der Waals surface area contributed by atoms with E-state index in [9.17, 15) is 4.79 Å². The summed E-state index contributed by atoms with van der Waals surface area (Å²) >= 11 is 0. The molecule has 132 valence electrons. The molecule has 7 nitrogen and oxygen atoms in total. The topological polar surface area (TPSA) is 66.3 Å². The first-order chi connectivity index (χ1) is 12.1. The number of carbonyl (C=O) groups excluding carboxylic acids is 1. The van der Waals surface area contributed by atoms with Gasteiger partial charge < -0.3 is 15.1 Å². The van der Waals surface area contributed by atoms with E-state index in [4.69, 9.17) is 0 Å². The van der Waals surface area contributed by atoms with Crippen LogP contribution < -0.4 is 10.2 Å². The smallest absolute Gasteiger partial charge is 0.317 e. The zero-order valence-electron chi connectivity index (χ0n) is 14.8. The van der Waals surface area contributed by atoms with Crippen LogP contribution in [0.15, 0.2) is 24.3 Å². The number of benzene rings is 1. The quantitative estimate of drug-likeness (QED) is 0.921. The molecule has 2 aromatic rings. The van der Waals surface area contributed by atoms with E-state index < -0.39 is 0 Å². The molecule has 0 fully saturated rings. The number of hydrogen-bond acceptors (Lipinski definition) is 4. The number of para-hydroxylation sites is 1. The molecule has 1 aromatic heterocycles. The minimum atomic E-state index is -0.0220. The standard InChI is InChI=1S/C18H24N6O/c1-13(23-8-7-15-5-3-4-6-16(15)23)11-19-18(25)22-9-10-24-17(12-22)20-14(2)21-24/h3-6,13H,7-12H2,1-2H3,(H,19,25). The lowest BCUT2D eigenvalue weighted by Gasteiger charge is -2.30. The summed E-state index contributed by atoms with van der Waals surface area (Å²) in [4.78, 5) is 21.1. The van der Waals surface area contributed by atoms with Crippen molar-refractivity contribution < 1.29 is 4.79 Å². The maximum Gasteiger partial charge on any atom is 0.317 e. The summed E-state index contributed by atoms with van der Waals surface area (Å²) in [6.45, 7) is 7.59. The van der Waals surface area contributed by atoms with Crippen molar-refractivity contribution in [1.82, 2.24) is 25.0 Å². The largest absolute Gasteiger partial charge is 0.366 e. The predicted molar refractivity (Wildman–Crippen MR) is 95.5 cm³/mol. The van der Waals surface area contributed by atoms with Gasteiger partial charge in [0.15, 0.2) is 0 Å². The van der Waals surface area contributed by atoms with E-state index >= 15 is 0 Å². The van der Waals surface area contributed by atoms with Gasteiger partial charge in [0.2, 0.25) is 0 Å². The zero-order chi connectivity index (χ0) is 17.4. The Bertz CT molecular complexity index is 786. The van der Waals surface area contributed by atoms with Crippen LogP contribution in [0.2, 0.25) is 0 Å². The van der Waals surface area contributed by atoms with Crippen LogP contribution in [0.5, 0.6) is 0 Å². The van der Waals surface area contributed by atoms with Gasteiger partial charge in [-0.25, -0.2) is 14.5 Å². The first kappa shape index (κ1) is 15.9. The third-order valence-corrected chi connectivity index (χ3v) is 5.06. The number of nitrogens with zero attached hydrogens (tertiary/aromatic N) is 5. The zero-order valence-corrected chi connectivity index (χ0v) is 14.8. The molecule has 3 heterocycles. The van der Waals surface area contributed by atoms with Crippen LogP contribution in [0.4, 0.5) is 10.5 Å². The lowest BCUT2D eigenvalue weighted by atomic mass is 10.2. The number of aryl methyl sites for hydroxylation is 1. The fraction of sp³-hybridized carbons (Fsp3) is 0.500. The number of urea groups is 1. The van der Waals surface area contributed by atoms with Crippen LogP contribution in [-0.2, 0) is 19.5 Å². The molecule has 7 heteroatoms. The average molecular weight is 340 g/mol. The van der Waals surface area contributed by atoms with Crippen molar-refractivity contribution in [2.75, 3.05) is 24.5 Å². The Hall–Kier alpha value is -2.57. The van der Waals surface area contributed by atoms with Crippen molar-refractivity contribution in [2.45, 2.75) is 39.4 Å². The lowest BCUT2D eigenvalue weighted by Crippen LogP contribution is -2.48. The van der Waals surface area contributed by atoms with Gasteiger partial charge in [-0.1, -0.05) is 18.2 Å². The number of amides is 2. The Labute approximate surface area is 147 Å². The maximum atomic E-state index is 12.5. The van der Waals surface area contributed by atoms with Gasteiger partial charge in [-0.15, -0.1) is 0 Å². The number of hydrogen-bond donors (Lipinski definition) is 1. The second-order valence-electron chi connectivity index (χ2n) is 6.83. The number of anilines is 1. The van der Waals surface area contributed by atoms with E-state index in [1.807, 2.05) is 16.5 Å². The van der Waals surface area contributed by atoms with Gasteiger partial charge in [0.05, 0.1) is 13.1 Å². The molecule has 1 atom stereocenters. The summed E-state index contributed by atoms with van der Waals surface area (Å²) in [5, 5.41) is 7.42. The van der Waals surface area contributed by atoms with Crippen LogP contribution in [0.1, 0.15) is 24.1 Å². The van der Waals surface area contributed by atoms with Crippen LogP contribution >= 0.6 is 0 Å². The van der Waals surface area contributed by atoms with E-state index in [1.165, 1.54) is 11.3 Å². The third-order valence-electron chi connectivity index (χ3n) is 5.06.